The molecular weight excluding hydrogens is 386 g/mol. The number of benzene rings is 1. The molecular formula is C22H35N3O3S. The van der Waals surface area contributed by atoms with Crippen molar-refractivity contribution in [1.82, 2.24) is 14.5 Å². The summed E-state index contributed by atoms with van der Waals surface area (Å²) in [6, 6.07) is 5.75. The minimum atomic E-state index is -3.46. The fourth-order valence-corrected chi connectivity index (χ4v) is 5.64. The molecule has 1 fully saturated rings. The Bertz CT molecular complexity index is 815. The molecule has 0 unspecified atom stereocenters. The van der Waals surface area contributed by atoms with E-state index >= 15 is 0 Å². The Morgan fingerprint density at radius 3 is 2.41 bits per heavy atom. The second-order valence-corrected chi connectivity index (χ2v) is 10.8. The van der Waals surface area contributed by atoms with Gasteiger partial charge in [0.1, 0.15) is 0 Å². The number of hydrogen-bond donors (Lipinski definition) is 1. The molecule has 0 saturated carbocycles. The van der Waals surface area contributed by atoms with Gasteiger partial charge in [0.05, 0.1) is 11.4 Å². The van der Waals surface area contributed by atoms with Crippen LogP contribution in [0.25, 0.3) is 0 Å². The van der Waals surface area contributed by atoms with E-state index < -0.39 is 10.0 Å². The van der Waals surface area contributed by atoms with E-state index in [1.807, 2.05) is 24.0 Å². The minimum Gasteiger partial charge on any atom is -0.353 e. The molecule has 7 heteroatoms. The molecule has 1 aliphatic heterocycles. The maximum Gasteiger partial charge on any atom is 0.243 e. The molecule has 1 aliphatic carbocycles. The monoisotopic (exact) mass is 421 g/mol. The summed E-state index contributed by atoms with van der Waals surface area (Å²) in [4.78, 5) is 14.7. The normalized spacial score (nSPS) is 19.3. The Morgan fingerprint density at radius 2 is 1.72 bits per heavy atom. The number of aryl methyl sites for hydroxylation is 2. The number of amides is 1. The fourth-order valence-electron chi connectivity index (χ4n) is 4.16. The van der Waals surface area contributed by atoms with E-state index in [-0.39, 0.29) is 11.9 Å². The van der Waals surface area contributed by atoms with Crippen LogP contribution in [0.15, 0.2) is 23.1 Å². The van der Waals surface area contributed by atoms with Crippen molar-refractivity contribution in [2.24, 2.45) is 5.92 Å². The predicted molar refractivity (Wildman–Crippen MR) is 115 cm³/mol. The lowest BCUT2D eigenvalue weighted by Crippen LogP contribution is -2.51. The van der Waals surface area contributed by atoms with Gasteiger partial charge in [-0.3, -0.25) is 9.69 Å². The highest BCUT2D eigenvalue weighted by Gasteiger charge is 2.30. The third-order valence-electron chi connectivity index (χ3n) is 5.99. The Labute approximate surface area is 175 Å². The molecule has 1 atom stereocenters. The van der Waals surface area contributed by atoms with E-state index in [9.17, 15) is 13.2 Å². The second-order valence-electron chi connectivity index (χ2n) is 8.90. The summed E-state index contributed by atoms with van der Waals surface area (Å²) in [5, 5.41) is 3.06. The van der Waals surface area contributed by atoms with Gasteiger partial charge in [0.25, 0.3) is 0 Å². The zero-order valence-electron chi connectivity index (χ0n) is 18.0. The maximum absolute atomic E-state index is 13.0. The molecule has 29 heavy (non-hydrogen) atoms. The Hall–Kier alpha value is -1.44. The zero-order valence-corrected chi connectivity index (χ0v) is 18.8. The number of rotatable bonds is 8. The molecule has 162 valence electrons. The highest BCUT2D eigenvalue weighted by atomic mass is 32.2. The van der Waals surface area contributed by atoms with Gasteiger partial charge in [-0.15, -0.1) is 0 Å². The molecule has 1 N–H and O–H groups in total. The molecule has 0 spiro atoms. The number of carbonyl (C=O) groups is 1. The molecule has 0 radical (unpaired) electrons. The number of nitrogens with zero attached hydrogens (tertiary/aromatic N) is 2. The van der Waals surface area contributed by atoms with Crippen LogP contribution < -0.4 is 5.32 Å². The van der Waals surface area contributed by atoms with Crippen molar-refractivity contribution in [1.29, 1.82) is 0 Å². The number of piperazine rings is 1. The van der Waals surface area contributed by atoms with E-state index in [0.717, 1.165) is 32.1 Å². The minimum absolute atomic E-state index is 0.0242. The summed E-state index contributed by atoms with van der Waals surface area (Å²) in [6.45, 7) is 8.76. The average Bonchev–Trinajstić information content (AvgIpc) is 3.14. The molecule has 6 nitrogen and oxygen atoms in total. The molecule has 1 heterocycles. The molecule has 0 aromatic heterocycles. The van der Waals surface area contributed by atoms with Gasteiger partial charge in [-0.25, -0.2) is 8.42 Å². The van der Waals surface area contributed by atoms with Crippen LogP contribution in [-0.2, 0) is 27.7 Å². The Kier molecular flexibility index (Phi) is 7.35. The topological polar surface area (TPSA) is 69.7 Å². The van der Waals surface area contributed by atoms with Gasteiger partial charge in [-0.2, -0.15) is 4.31 Å². The van der Waals surface area contributed by atoms with Crippen molar-refractivity contribution in [3.05, 3.63) is 29.3 Å². The summed E-state index contributed by atoms with van der Waals surface area (Å²) in [7, 11) is -3.46. The molecule has 2 aliphatic rings. The Morgan fingerprint density at radius 1 is 1.03 bits per heavy atom. The van der Waals surface area contributed by atoms with E-state index in [1.165, 1.54) is 11.1 Å². The lowest BCUT2D eigenvalue weighted by atomic mass is 10.0. The van der Waals surface area contributed by atoms with Crippen LogP contribution in [0.4, 0.5) is 0 Å². The van der Waals surface area contributed by atoms with Gasteiger partial charge in [-0.1, -0.05) is 19.9 Å². The van der Waals surface area contributed by atoms with Crippen molar-refractivity contribution in [2.75, 3.05) is 32.7 Å². The summed E-state index contributed by atoms with van der Waals surface area (Å²) >= 11 is 0. The highest BCUT2D eigenvalue weighted by Crippen LogP contribution is 2.26. The van der Waals surface area contributed by atoms with Crippen LogP contribution in [0.5, 0.6) is 0 Å². The van der Waals surface area contributed by atoms with E-state index in [2.05, 4.69) is 19.2 Å². The largest absolute Gasteiger partial charge is 0.353 e. The SMILES string of the molecule is CC(C)CC[C@H](C)NC(=O)CN1CCN(S(=O)(=O)c2ccc3c(c2)CCC3)CC1. The average molecular weight is 422 g/mol. The van der Waals surface area contributed by atoms with Crippen molar-refractivity contribution >= 4 is 15.9 Å². The van der Waals surface area contributed by atoms with E-state index in [4.69, 9.17) is 0 Å². The fraction of sp³-hybridized carbons (Fsp3) is 0.682. The maximum atomic E-state index is 13.0. The summed E-state index contributed by atoms with van der Waals surface area (Å²) in [6.07, 6.45) is 5.20. The van der Waals surface area contributed by atoms with Crippen LogP contribution in [0.3, 0.4) is 0 Å². The molecule has 0 bridgehead atoms. The van der Waals surface area contributed by atoms with Gasteiger partial charge < -0.3 is 5.32 Å². The van der Waals surface area contributed by atoms with Crippen LogP contribution >= 0.6 is 0 Å². The Balaban J connectivity index is 1.49. The van der Waals surface area contributed by atoms with Crippen LogP contribution in [0.2, 0.25) is 0 Å². The zero-order chi connectivity index (χ0) is 21.0. The van der Waals surface area contributed by atoms with Crippen molar-refractivity contribution in [2.45, 2.75) is 63.8 Å². The van der Waals surface area contributed by atoms with Crippen LogP contribution in [0.1, 0.15) is 51.2 Å². The standard InChI is InChI=1S/C22H35N3O3S/c1-17(2)7-8-18(3)23-22(26)16-24-11-13-25(14-12-24)29(27,28)21-10-9-19-5-4-6-20(19)15-21/h9-10,15,17-18H,4-8,11-14,16H2,1-3H3,(H,23,26)/t18-/m0/s1. The van der Waals surface area contributed by atoms with E-state index in [0.29, 0.717) is 43.5 Å². The van der Waals surface area contributed by atoms with Crippen molar-refractivity contribution < 1.29 is 13.2 Å². The van der Waals surface area contributed by atoms with Gasteiger partial charge in [0.2, 0.25) is 15.9 Å². The van der Waals surface area contributed by atoms with Crippen LogP contribution in [0, 0.1) is 5.92 Å². The number of hydrogen-bond acceptors (Lipinski definition) is 4. The van der Waals surface area contributed by atoms with Crippen molar-refractivity contribution in [3.8, 4) is 0 Å². The van der Waals surface area contributed by atoms with E-state index in [1.54, 1.807) is 10.4 Å². The number of nitrogens with one attached hydrogen (secondary N) is 1. The first-order valence-corrected chi connectivity index (χ1v) is 12.3. The summed E-state index contributed by atoms with van der Waals surface area (Å²) in [5.74, 6) is 0.659. The predicted octanol–water partition coefficient (Wildman–Crippen LogP) is 2.42. The number of carbonyl (C=O) groups excluding carboxylic acids is 1. The third-order valence-corrected chi connectivity index (χ3v) is 7.89. The first kappa shape index (κ1) is 22.2. The summed E-state index contributed by atoms with van der Waals surface area (Å²) < 4.78 is 27.6. The first-order valence-electron chi connectivity index (χ1n) is 10.9. The number of fused-ring (bicyclic) bond motifs is 1. The van der Waals surface area contributed by atoms with Gasteiger partial charge in [0.15, 0.2) is 0 Å². The van der Waals surface area contributed by atoms with Gasteiger partial charge in [0, 0.05) is 32.2 Å². The van der Waals surface area contributed by atoms with Crippen LogP contribution in [-0.4, -0.2) is 62.3 Å². The summed E-state index contributed by atoms with van der Waals surface area (Å²) in [5.41, 5.74) is 2.45. The first-order chi connectivity index (χ1) is 13.8. The van der Waals surface area contributed by atoms with Gasteiger partial charge >= 0.3 is 0 Å². The quantitative estimate of drug-likeness (QED) is 0.700. The lowest BCUT2D eigenvalue weighted by molar-refractivity contribution is -0.123. The number of sulfonamides is 1. The molecule has 1 aromatic rings. The third kappa shape index (κ3) is 5.80. The second kappa shape index (κ2) is 9.58. The molecule has 1 aromatic carbocycles. The highest BCUT2D eigenvalue weighted by molar-refractivity contribution is 7.89. The molecule has 1 amide bonds. The van der Waals surface area contributed by atoms with Gasteiger partial charge in [-0.05, 0) is 68.2 Å². The molecule has 1 saturated heterocycles. The molecule has 3 rings (SSSR count). The lowest BCUT2D eigenvalue weighted by Gasteiger charge is -2.33. The smallest absolute Gasteiger partial charge is 0.243 e. The van der Waals surface area contributed by atoms with Crippen molar-refractivity contribution in [3.63, 3.8) is 0 Å².